The highest BCUT2D eigenvalue weighted by Crippen LogP contribution is 2.23. The molecular weight excluding hydrogens is 391 g/mol. The predicted molar refractivity (Wildman–Crippen MR) is 107 cm³/mol. The van der Waals surface area contributed by atoms with Crippen LogP contribution in [0.15, 0.2) is 24.3 Å². The number of carbonyl (C=O) groups is 2. The fourth-order valence-corrected chi connectivity index (χ4v) is 3.45. The van der Waals surface area contributed by atoms with E-state index in [1.54, 1.807) is 30.9 Å². The van der Waals surface area contributed by atoms with E-state index in [0.717, 1.165) is 22.5 Å². The van der Waals surface area contributed by atoms with Crippen molar-refractivity contribution >= 4 is 12.0 Å². The number of aromatic nitrogens is 2. The van der Waals surface area contributed by atoms with E-state index >= 15 is 0 Å². The summed E-state index contributed by atoms with van der Waals surface area (Å²) in [5.74, 6) is -0.763. The lowest BCUT2D eigenvalue weighted by Gasteiger charge is -2.28. The maximum absolute atomic E-state index is 13.3. The zero-order valence-electron chi connectivity index (χ0n) is 17.5. The summed E-state index contributed by atoms with van der Waals surface area (Å²) in [4.78, 5) is 26.0. The van der Waals surface area contributed by atoms with Crippen molar-refractivity contribution in [2.75, 3.05) is 13.2 Å². The number of esters is 1. The van der Waals surface area contributed by atoms with E-state index < -0.39 is 12.0 Å². The second-order valence-electron chi connectivity index (χ2n) is 7.21. The van der Waals surface area contributed by atoms with Crippen LogP contribution in [0.2, 0.25) is 0 Å². The highest BCUT2D eigenvalue weighted by molar-refractivity contribution is 5.83. The van der Waals surface area contributed by atoms with Crippen LogP contribution in [0.3, 0.4) is 0 Å². The number of rotatable bonds is 7. The minimum absolute atomic E-state index is 0.258. The standard InChI is InChI=1S/C21H27FN4O4/c1-4-30-20(27)14(2)23-21(28)26-9-8-19-17(11-26)18(24-25(19)3)13-29-12-15-6-5-7-16(22)10-15/h5-7,10,14H,4,8-9,11-13H2,1-3H3,(H,23,28). The van der Waals surface area contributed by atoms with Crippen molar-refractivity contribution in [1.29, 1.82) is 0 Å². The van der Waals surface area contributed by atoms with E-state index in [9.17, 15) is 14.0 Å². The second kappa shape index (κ2) is 9.71. The maximum Gasteiger partial charge on any atom is 0.328 e. The number of aryl methyl sites for hydroxylation is 1. The number of ether oxygens (including phenoxy) is 2. The number of fused-ring (bicyclic) bond motifs is 1. The lowest BCUT2D eigenvalue weighted by Crippen LogP contribution is -2.48. The predicted octanol–water partition coefficient (Wildman–Crippen LogP) is 2.30. The molecule has 1 N–H and O–H groups in total. The summed E-state index contributed by atoms with van der Waals surface area (Å²) in [6, 6.07) is 5.22. The molecule has 0 saturated carbocycles. The van der Waals surface area contributed by atoms with Crippen LogP contribution in [0.1, 0.15) is 36.4 Å². The Balaban J connectivity index is 1.61. The van der Waals surface area contributed by atoms with Gasteiger partial charge in [-0.05, 0) is 31.5 Å². The number of carbonyl (C=O) groups excluding carboxylic acids is 2. The summed E-state index contributed by atoms with van der Waals surface area (Å²) in [6.45, 7) is 5.01. The molecule has 0 aliphatic carbocycles. The van der Waals surface area contributed by atoms with Gasteiger partial charge in [-0.3, -0.25) is 4.68 Å². The Bertz CT molecular complexity index is 914. The van der Waals surface area contributed by atoms with Crippen molar-refractivity contribution in [3.8, 4) is 0 Å². The highest BCUT2D eigenvalue weighted by atomic mass is 19.1. The van der Waals surface area contributed by atoms with Crippen LogP contribution in [0.5, 0.6) is 0 Å². The van der Waals surface area contributed by atoms with Crippen molar-refractivity contribution in [1.82, 2.24) is 20.0 Å². The molecule has 30 heavy (non-hydrogen) atoms. The van der Waals surface area contributed by atoms with Gasteiger partial charge in [-0.15, -0.1) is 0 Å². The van der Waals surface area contributed by atoms with Gasteiger partial charge in [0.05, 0.1) is 32.1 Å². The van der Waals surface area contributed by atoms with E-state index in [1.165, 1.54) is 12.1 Å². The fraction of sp³-hybridized carbons (Fsp3) is 0.476. The summed E-state index contributed by atoms with van der Waals surface area (Å²) in [6.07, 6.45) is 0.657. The normalized spacial score (nSPS) is 14.2. The molecule has 2 heterocycles. The molecule has 0 bridgehead atoms. The number of urea groups is 1. The van der Waals surface area contributed by atoms with E-state index in [1.807, 2.05) is 11.7 Å². The summed E-state index contributed by atoms with van der Waals surface area (Å²) in [7, 11) is 1.87. The Hall–Kier alpha value is -2.94. The zero-order valence-corrected chi connectivity index (χ0v) is 17.5. The molecule has 0 fully saturated rings. The number of halogens is 1. The summed E-state index contributed by atoms with van der Waals surface area (Å²) in [5.41, 5.74) is 3.50. The molecule has 1 aliphatic heterocycles. The smallest absolute Gasteiger partial charge is 0.328 e. The van der Waals surface area contributed by atoms with E-state index in [2.05, 4.69) is 10.4 Å². The summed E-state index contributed by atoms with van der Waals surface area (Å²) >= 11 is 0. The Morgan fingerprint density at radius 1 is 1.33 bits per heavy atom. The first-order valence-corrected chi connectivity index (χ1v) is 9.97. The molecule has 0 spiro atoms. The SMILES string of the molecule is CCOC(=O)C(C)NC(=O)N1CCc2c(c(COCc3cccc(F)c3)nn2C)C1. The van der Waals surface area contributed by atoms with Crippen molar-refractivity contribution < 1.29 is 23.5 Å². The Labute approximate surface area is 174 Å². The average Bonchev–Trinajstić information content (AvgIpc) is 3.03. The van der Waals surface area contributed by atoms with Crippen LogP contribution < -0.4 is 5.32 Å². The number of nitrogens with zero attached hydrogens (tertiary/aromatic N) is 3. The largest absolute Gasteiger partial charge is 0.464 e. The lowest BCUT2D eigenvalue weighted by atomic mass is 10.1. The van der Waals surface area contributed by atoms with Crippen molar-refractivity contribution in [3.63, 3.8) is 0 Å². The first-order valence-electron chi connectivity index (χ1n) is 9.97. The van der Waals surface area contributed by atoms with Gasteiger partial charge < -0.3 is 19.7 Å². The van der Waals surface area contributed by atoms with E-state index in [4.69, 9.17) is 9.47 Å². The fourth-order valence-electron chi connectivity index (χ4n) is 3.45. The van der Waals surface area contributed by atoms with E-state index in [0.29, 0.717) is 19.5 Å². The number of nitrogens with one attached hydrogen (secondary N) is 1. The average molecular weight is 418 g/mol. The molecule has 9 heteroatoms. The second-order valence-corrected chi connectivity index (χ2v) is 7.21. The zero-order chi connectivity index (χ0) is 21.7. The third-order valence-electron chi connectivity index (χ3n) is 4.99. The molecule has 0 saturated heterocycles. The molecule has 1 aliphatic rings. The van der Waals surface area contributed by atoms with Crippen LogP contribution in [0, 0.1) is 5.82 Å². The Kier molecular flexibility index (Phi) is 7.04. The van der Waals surface area contributed by atoms with Gasteiger partial charge >= 0.3 is 12.0 Å². The molecule has 2 amide bonds. The van der Waals surface area contributed by atoms with Crippen LogP contribution in [0.4, 0.5) is 9.18 Å². The number of benzene rings is 1. The molecule has 162 valence electrons. The van der Waals surface area contributed by atoms with Crippen LogP contribution in [-0.2, 0) is 47.5 Å². The molecule has 1 atom stereocenters. The van der Waals surface area contributed by atoms with Gasteiger partial charge in [-0.2, -0.15) is 5.10 Å². The summed E-state index contributed by atoms with van der Waals surface area (Å²) < 4.78 is 25.8. The van der Waals surface area contributed by atoms with Crippen LogP contribution >= 0.6 is 0 Å². The molecule has 1 aromatic heterocycles. The molecule has 2 aromatic rings. The third kappa shape index (κ3) is 5.15. The maximum atomic E-state index is 13.3. The molecule has 0 radical (unpaired) electrons. The van der Waals surface area contributed by atoms with Crippen LogP contribution in [0.25, 0.3) is 0 Å². The Morgan fingerprint density at radius 2 is 2.13 bits per heavy atom. The quantitative estimate of drug-likeness (QED) is 0.698. The van der Waals surface area contributed by atoms with Gasteiger partial charge in [0.2, 0.25) is 0 Å². The van der Waals surface area contributed by atoms with E-state index in [-0.39, 0.29) is 31.7 Å². The lowest BCUT2D eigenvalue weighted by molar-refractivity contribution is -0.144. The minimum atomic E-state index is -0.721. The number of amides is 2. The van der Waals surface area contributed by atoms with Gasteiger partial charge in [0.1, 0.15) is 11.9 Å². The van der Waals surface area contributed by atoms with Gasteiger partial charge in [-0.1, -0.05) is 12.1 Å². The molecule has 1 unspecified atom stereocenters. The highest BCUT2D eigenvalue weighted by Gasteiger charge is 2.28. The molecule has 3 rings (SSSR count). The van der Waals surface area contributed by atoms with Gasteiger partial charge in [-0.25, -0.2) is 14.0 Å². The molecular formula is C21H27FN4O4. The van der Waals surface area contributed by atoms with Crippen molar-refractivity contribution in [3.05, 3.63) is 52.6 Å². The summed E-state index contributed by atoms with van der Waals surface area (Å²) in [5, 5.41) is 7.21. The topological polar surface area (TPSA) is 85.7 Å². The Morgan fingerprint density at radius 3 is 2.87 bits per heavy atom. The third-order valence-corrected chi connectivity index (χ3v) is 4.99. The number of hydrogen-bond donors (Lipinski definition) is 1. The van der Waals surface area contributed by atoms with Gasteiger partial charge in [0, 0.05) is 31.3 Å². The van der Waals surface area contributed by atoms with Crippen molar-refractivity contribution in [2.45, 2.75) is 46.1 Å². The van der Waals surface area contributed by atoms with Gasteiger partial charge in [0.25, 0.3) is 0 Å². The van der Waals surface area contributed by atoms with Gasteiger partial charge in [0.15, 0.2) is 0 Å². The monoisotopic (exact) mass is 418 g/mol. The van der Waals surface area contributed by atoms with Crippen molar-refractivity contribution in [2.24, 2.45) is 7.05 Å². The molecule has 1 aromatic carbocycles. The number of hydrogen-bond acceptors (Lipinski definition) is 5. The van der Waals surface area contributed by atoms with Crippen LogP contribution in [-0.4, -0.2) is 45.9 Å². The molecule has 8 nitrogen and oxygen atoms in total. The minimum Gasteiger partial charge on any atom is -0.464 e. The first-order chi connectivity index (χ1) is 14.4. The first kappa shape index (κ1) is 21.8.